The molecule has 2 aromatic heterocycles. The molecule has 1 aliphatic heterocycles. The molecule has 0 aromatic carbocycles. The maximum atomic E-state index is 13.3. The van der Waals surface area contributed by atoms with Gasteiger partial charge in [0.25, 0.3) is 0 Å². The van der Waals surface area contributed by atoms with Crippen molar-refractivity contribution in [3.63, 3.8) is 0 Å². The molecule has 2 aromatic rings. The number of anilines is 1. The van der Waals surface area contributed by atoms with Crippen LogP contribution in [0.5, 0.6) is 0 Å². The summed E-state index contributed by atoms with van der Waals surface area (Å²) in [5.41, 5.74) is -1.63. The van der Waals surface area contributed by atoms with E-state index in [0.717, 1.165) is 23.2 Å². The maximum absolute atomic E-state index is 13.3. The van der Waals surface area contributed by atoms with Crippen molar-refractivity contribution >= 4 is 11.8 Å². The van der Waals surface area contributed by atoms with Crippen LogP contribution in [0.4, 0.5) is 28.0 Å². The van der Waals surface area contributed by atoms with Crippen LogP contribution in [0.3, 0.4) is 0 Å². The van der Waals surface area contributed by atoms with Gasteiger partial charge < -0.3 is 4.74 Å². The average Bonchev–Trinajstić information content (AvgIpc) is 2.92. The Balaban J connectivity index is 2.11. The number of nitrogens with zero attached hydrogens (tertiary/aromatic N) is 3. The molecule has 0 bridgehead atoms. The summed E-state index contributed by atoms with van der Waals surface area (Å²) in [7, 11) is 0. The van der Waals surface area contributed by atoms with Gasteiger partial charge in [0, 0.05) is 11.8 Å². The minimum absolute atomic E-state index is 0.00443. The molecule has 0 aliphatic carbocycles. The zero-order valence-corrected chi connectivity index (χ0v) is 11.5. The van der Waals surface area contributed by atoms with E-state index in [0.29, 0.717) is 0 Å². The van der Waals surface area contributed by atoms with Crippen LogP contribution in [0.25, 0.3) is 11.3 Å². The molecule has 1 fully saturated rings. The van der Waals surface area contributed by atoms with Gasteiger partial charge in [-0.05, 0) is 18.2 Å². The van der Waals surface area contributed by atoms with E-state index in [2.05, 4.69) is 14.7 Å². The predicted molar refractivity (Wildman–Crippen MR) is 71.1 cm³/mol. The molecule has 5 nitrogen and oxygen atoms in total. The van der Waals surface area contributed by atoms with Crippen molar-refractivity contribution in [1.29, 1.82) is 0 Å². The van der Waals surface area contributed by atoms with Gasteiger partial charge in [-0.25, -0.2) is 14.2 Å². The van der Waals surface area contributed by atoms with E-state index in [1.807, 2.05) is 0 Å². The smallest absolute Gasteiger partial charge is 0.435 e. The highest BCUT2D eigenvalue weighted by atomic mass is 19.4. The summed E-state index contributed by atoms with van der Waals surface area (Å²) in [5, 5.41) is 0. The highest BCUT2D eigenvalue weighted by Crippen LogP contribution is 2.37. The van der Waals surface area contributed by atoms with Gasteiger partial charge in [0.2, 0.25) is 0 Å². The van der Waals surface area contributed by atoms with Crippen molar-refractivity contribution < 1.29 is 27.1 Å². The Bertz CT molecular complexity index is 764. The lowest BCUT2D eigenvalue weighted by atomic mass is 10.1. The molecular weight excluding hydrogens is 318 g/mol. The molecule has 9 heteroatoms. The van der Waals surface area contributed by atoms with E-state index < -0.39 is 29.5 Å². The largest absolute Gasteiger partial charge is 0.447 e. The highest BCUT2D eigenvalue weighted by Gasteiger charge is 2.39. The number of halogens is 4. The summed E-state index contributed by atoms with van der Waals surface area (Å²) in [6.45, 7) is 0.0101. The Morgan fingerprint density at radius 1 is 1.22 bits per heavy atom. The van der Waals surface area contributed by atoms with Crippen molar-refractivity contribution in [2.45, 2.75) is 6.18 Å². The van der Waals surface area contributed by atoms with Gasteiger partial charge in [0.15, 0.2) is 5.69 Å². The third kappa shape index (κ3) is 2.94. The van der Waals surface area contributed by atoms with Crippen LogP contribution < -0.4 is 4.90 Å². The molecule has 3 rings (SSSR count). The van der Waals surface area contributed by atoms with Crippen molar-refractivity contribution in [3.05, 3.63) is 42.1 Å². The molecule has 120 valence electrons. The van der Waals surface area contributed by atoms with Crippen LogP contribution in [0.1, 0.15) is 5.69 Å². The third-order valence-corrected chi connectivity index (χ3v) is 3.19. The average molecular weight is 327 g/mol. The van der Waals surface area contributed by atoms with Gasteiger partial charge in [-0.15, -0.1) is 0 Å². The fourth-order valence-corrected chi connectivity index (χ4v) is 2.20. The topological polar surface area (TPSA) is 55.3 Å². The predicted octanol–water partition coefficient (Wildman–Crippen LogP) is 3.26. The van der Waals surface area contributed by atoms with Gasteiger partial charge in [-0.2, -0.15) is 13.2 Å². The summed E-state index contributed by atoms with van der Waals surface area (Å²) in [6, 6.07) is 3.41. The molecule has 23 heavy (non-hydrogen) atoms. The number of hydrogen-bond acceptors (Lipinski definition) is 4. The number of cyclic esters (lactones) is 1. The molecular formula is C14H9F4N3O2. The monoisotopic (exact) mass is 327 g/mol. The zero-order chi connectivity index (χ0) is 16.6. The van der Waals surface area contributed by atoms with E-state index in [9.17, 15) is 22.4 Å². The number of hydrogen-bond donors (Lipinski definition) is 0. The fourth-order valence-electron chi connectivity index (χ4n) is 2.20. The lowest BCUT2D eigenvalue weighted by molar-refractivity contribution is -0.140. The Morgan fingerprint density at radius 2 is 2.00 bits per heavy atom. The van der Waals surface area contributed by atoms with Gasteiger partial charge in [0.05, 0.1) is 24.1 Å². The minimum Gasteiger partial charge on any atom is -0.447 e. The first-order valence-corrected chi connectivity index (χ1v) is 6.50. The number of amides is 1. The first-order chi connectivity index (χ1) is 10.9. The molecule has 0 spiro atoms. The zero-order valence-electron chi connectivity index (χ0n) is 11.5. The van der Waals surface area contributed by atoms with E-state index in [-0.39, 0.29) is 24.4 Å². The maximum Gasteiger partial charge on any atom is 0.435 e. The Labute approximate surface area is 127 Å². The van der Waals surface area contributed by atoms with Gasteiger partial charge in [-0.1, -0.05) is 0 Å². The van der Waals surface area contributed by atoms with Crippen LogP contribution in [-0.2, 0) is 10.9 Å². The van der Waals surface area contributed by atoms with Gasteiger partial charge >= 0.3 is 12.3 Å². The second-order valence-corrected chi connectivity index (χ2v) is 4.72. The molecule has 0 N–H and O–H groups in total. The first-order valence-electron chi connectivity index (χ1n) is 6.50. The molecule has 1 aliphatic rings. The number of alkyl halides is 3. The molecule has 3 heterocycles. The summed E-state index contributed by atoms with van der Waals surface area (Å²) in [4.78, 5) is 19.5. The number of carbonyl (C=O) groups excluding carboxylic acids is 1. The van der Waals surface area contributed by atoms with Crippen LogP contribution in [0, 0.1) is 5.82 Å². The number of pyridine rings is 2. The third-order valence-electron chi connectivity index (χ3n) is 3.19. The van der Waals surface area contributed by atoms with Crippen LogP contribution >= 0.6 is 0 Å². The van der Waals surface area contributed by atoms with Crippen LogP contribution in [0.2, 0.25) is 0 Å². The Kier molecular flexibility index (Phi) is 3.63. The van der Waals surface area contributed by atoms with Crippen molar-refractivity contribution in [2.75, 3.05) is 18.1 Å². The van der Waals surface area contributed by atoms with Gasteiger partial charge in [-0.3, -0.25) is 9.88 Å². The van der Waals surface area contributed by atoms with Crippen molar-refractivity contribution in [1.82, 2.24) is 9.97 Å². The SMILES string of the molecule is O=C1OCCN1c1ccc(-c2cncc(F)c2)nc1C(F)(F)F. The molecule has 1 saturated heterocycles. The highest BCUT2D eigenvalue weighted by molar-refractivity contribution is 5.90. The second-order valence-electron chi connectivity index (χ2n) is 4.72. The van der Waals surface area contributed by atoms with Crippen molar-refractivity contribution in [2.24, 2.45) is 0 Å². The number of carbonyl (C=O) groups is 1. The number of aromatic nitrogens is 2. The number of rotatable bonds is 2. The summed E-state index contributed by atoms with van der Waals surface area (Å²) in [6.07, 6.45) is -3.51. The van der Waals surface area contributed by atoms with E-state index in [4.69, 9.17) is 0 Å². The quantitative estimate of drug-likeness (QED) is 0.795. The Hall–Kier alpha value is -2.71. The van der Waals surface area contributed by atoms with E-state index in [1.54, 1.807) is 0 Å². The normalized spacial score (nSPS) is 15.0. The van der Waals surface area contributed by atoms with Gasteiger partial charge in [0.1, 0.15) is 12.4 Å². The standard InChI is InChI=1S/C14H9F4N3O2/c15-9-5-8(6-19-7-9)10-1-2-11(12(20-10)14(16,17)18)21-3-4-23-13(21)22/h1-2,5-7H,3-4H2. The van der Waals surface area contributed by atoms with Crippen LogP contribution in [-0.4, -0.2) is 29.2 Å². The van der Waals surface area contributed by atoms with Crippen LogP contribution in [0.15, 0.2) is 30.6 Å². The van der Waals surface area contributed by atoms with Crippen molar-refractivity contribution in [3.8, 4) is 11.3 Å². The number of ether oxygens (including phenoxy) is 1. The van der Waals surface area contributed by atoms with E-state index in [1.165, 1.54) is 12.3 Å². The first kappa shape index (κ1) is 15.2. The lowest BCUT2D eigenvalue weighted by Crippen LogP contribution is -2.27. The molecule has 0 atom stereocenters. The van der Waals surface area contributed by atoms with E-state index >= 15 is 0 Å². The Morgan fingerprint density at radius 3 is 2.61 bits per heavy atom. The lowest BCUT2D eigenvalue weighted by Gasteiger charge is -2.19. The fraction of sp³-hybridized carbons (Fsp3) is 0.214. The summed E-state index contributed by atoms with van der Waals surface area (Å²) < 4.78 is 57.7. The summed E-state index contributed by atoms with van der Waals surface area (Å²) in [5.74, 6) is -0.690. The molecule has 0 radical (unpaired) electrons. The molecule has 1 amide bonds. The summed E-state index contributed by atoms with van der Waals surface area (Å²) >= 11 is 0. The minimum atomic E-state index is -4.78. The second kappa shape index (κ2) is 5.49. The molecule has 0 saturated carbocycles. The molecule has 0 unspecified atom stereocenters.